The predicted molar refractivity (Wildman–Crippen MR) is 113 cm³/mol. The highest BCUT2D eigenvalue weighted by Crippen LogP contribution is 2.28. The first-order valence-electron chi connectivity index (χ1n) is 9.82. The summed E-state index contributed by atoms with van der Waals surface area (Å²) in [7, 11) is -1.14. The normalized spacial score (nSPS) is 17.3. The van der Waals surface area contributed by atoms with Gasteiger partial charge in [-0.15, -0.1) is 0 Å². The Morgan fingerprint density at radius 3 is 2.47 bits per heavy atom. The van der Waals surface area contributed by atoms with Gasteiger partial charge in [0.1, 0.15) is 16.6 Å². The summed E-state index contributed by atoms with van der Waals surface area (Å²) < 4.78 is 33.7. The Kier molecular flexibility index (Phi) is 6.33. The van der Waals surface area contributed by atoms with Crippen molar-refractivity contribution in [3.63, 3.8) is 0 Å². The maximum atomic E-state index is 13.2. The number of nitrogens with one attached hydrogen (secondary N) is 1. The zero-order valence-electron chi connectivity index (χ0n) is 17.6. The Labute approximate surface area is 176 Å². The van der Waals surface area contributed by atoms with Crippen LogP contribution in [0, 0.1) is 0 Å². The number of aromatic nitrogens is 1. The van der Waals surface area contributed by atoms with Gasteiger partial charge in [-0.25, -0.2) is 13.2 Å². The molecule has 1 amide bonds. The molecule has 1 aromatic carbocycles. The van der Waals surface area contributed by atoms with Crippen LogP contribution in [0.15, 0.2) is 41.4 Å². The van der Waals surface area contributed by atoms with E-state index >= 15 is 0 Å². The van der Waals surface area contributed by atoms with Crippen molar-refractivity contribution in [1.82, 2.24) is 8.87 Å². The number of methoxy groups -OCH3 is 1. The van der Waals surface area contributed by atoms with E-state index in [0.29, 0.717) is 24.4 Å². The summed E-state index contributed by atoms with van der Waals surface area (Å²) in [6, 6.07) is 8.01. The first-order valence-corrected chi connectivity index (χ1v) is 11.3. The number of anilines is 1. The summed E-state index contributed by atoms with van der Waals surface area (Å²) in [5, 5.41) is 2.82. The zero-order chi connectivity index (χ0) is 22.1. The molecule has 9 heteroatoms. The van der Waals surface area contributed by atoms with Gasteiger partial charge in [-0.1, -0.05) is 26.0 Å². The second kappa shape index (κ2) is 8.61. The van der Waals surface area contributed by atoms with E-state index in [0.717, 1.165) is 5.56 Å². The number of aryl methyl sites for hydroxylation is 1. The molecule has 8 nitrogen and oxygen atoms in total. The monoisotopic (exact) mass is 433 g/mol. The van der Waals surface area contributed by atoms with Crippen molar-refractivity contribution in [2.75, 3.05) is 19.0 Å². The molecule has 0 radical (unpaired) electrons. The van der Waals surface area contributed by atoms with Crippen molar-refractivity contribution in [1.29, 1.82) is 0 Å². The second-order valence-corrected chi connectivity index (χ2v) is 9.59. The van der Waals surface area contributed by atoms with Crippen LogP contribution in [0.2, 0.25) is 0 Å². The topological polar surface area (TPSA) is 97.7 Å². The number of esters is 1. The van der Waals surface area contributed by atoms with Gasteiger partial charge in [0.25, 0.3) is 0 Å². The molecule has 1 atom stereocenters. The summed E-state index contributed by atoms with van der Waals surface area (Å²) in [6.45, 7) is 4.42. The Hall–Kier alpha value is -2.65. The first kappa shape index (κ1) is 22.0. The molecular formula is C21H27N3O5S. The maximum Gasteiger partial charge on any atom is 0.354 e. The molecule has 0 spiro atoms. The predicted octanol–water partition coefficient (Wildman–Crippen LogP) is 2.73. The fourth-order valence-corrected chi connectivity index (χ4v) is 5.31. The van der Waals surface area contributed by atoms with E-state index in [-0.39, 0.29) is 23.0 Å². The number of sulfonamides is 1. The summed E-state index contributed by atoms with van der Waals surface area (Å²) in [5.41, 5.74) is 1.91. The van der Waals surface area contributed by atoms with Crippen LogP contribution < -0.4 is 5.32 Å². The number of amides is 1. The smallest absolute Gasteiger partial charge is 0.354 e. The van der Waals surface area contributed by atoms with Crippen LogP contribution in [0.4, 0.5) is 5.69 Å². The molecule has 30 heavy (non-hydrogen) atoms. The minimum Gasteiger partial charge on any atom is -0.464 e. The van der Waals surface area contributed by atoms with Crippen LogP contribution in [-0.2, 0) is 26.6 Å². The van der Waals surface area contributed by atoms with Gasteiger partial charge < -0.3 is 14.6 Å². The fourth-order valence-electron chi connectivity index (χ4n) is 3.58. The average Bonchev–Trinajstić information content (AvgIpc) is 3.35. The molecule has 1 aromatic heterocycles. The van der Waals surface area contributed by atoms with Crippen molar-refractivity contribution in [2.24, 2.45) is 7.05 Å². The zero-order valence-corrected chi connectivity index (χ0v) is 18.4. The number of benzene rings is 1. The minimum absolute atomic E-state index is 0.0358. The minimum atomic E-state index is -3.94. The number of carbonyl (C=O) groups excluding carboxylic acids is 2. The van der Waals surface area contributed by atoms with Gasteiger partial charge >= 0.3 is 5.97 Å². The molecule has 3 rings (SSSR count). The molecule has 2 heterocycles. The van der Waals surface area contributed by atoms with Crippen LogP contribution in [0.3, 0.4) is 0 Å². The lowest BCUT2D eigenvalue weighted by Crippen LogP contribution is -2.43. The number of carbonyl (C=O) groups is 2. The SMILES string of the molecule is COC(=O)c1cc(S(=O)(=O)N2CCC[C@@H]2C(=O)Nc2ccc(C(C)C)cc2)cn1C. The average molecular weight is 434 g/mol. The van der Waals surface area contributed by atoms with E-state index in [9.17, 15) is 18.0 Å². The van der Waals surface area contributed by atoms with Crippen molar-refractivity contribution >= 4 is 27.6 Å². The Bertz CT molecular complexity index is 1040. The number of rotatable bonds is 6. The van der Waals surface area contributed by atoms with E-state index in [2.05, 4.69) is 23.9 Å². The van der Waals surface area contributed by atoms with Crippen molar-refractivity contribution in [3.05, 3.63) is 47.8 Å². The molecule has 1 saturated heterocycles. The molecule has 1 N–H and O–H groups in total. The van der Waals surface area contributed by atoms with Crippen molar-refractivity contribution in [2.45, 2.75) is 43.5 Å². The number of nitrogens with zero attached hydrogens (tertiary/aromatic N) is 2. The highest BCUT2D eigenvalue weighted by atomic mass is 32.2. The van der Waals surface area contributed by atoms with Crippen LogP contribution in [-0.4, -0.2) is 48.9 Å². The summed E-state index contributed by atoms with van der Waals surface area (Å²) in [4.78, 5) is 24.6. The number of hydrogen-bond donors (Lipinski definition) is 1. The quantitative estimate of drug-likeness (QED) is 0.707. The summed E-state index contributed by atoms with van der Waals surface area (Å²) >= 11 is 0. The van der Waals surface area contributed by atoms with Crippen molar-refractivity contribution < 1.29 is 22.7 Å². The molecule has 0 aliphatic carbocycles. The van der Waals surface area contributed by atoms with E-state index in [1.165, 1.54) is 28.2 Å². The van der Waals surface area contributed by atoms with Gasteiger partial charge in [0.2, 0.25) is 15.9 Å². The first-order chi connectivity index (χ1) is 14.1. The summed E-state index contributed by atoms with van der Waals surface area (Å²) in [5.74, 6) is -0.608. The Morgan fingerprint density at radius 2 is 1.87 bits per heavy atom. The molecule has 0 bridgehead atoms. The van der Waals surface area contributed by atoms with Crippen LogP contribution >= 0.6 is 0 Å². The molecule has 1 aliphatic heterocycles. The second-order valence-electron chi connectivity index (χ2n) is 7.70. The lowest BCUT2D eigenvalue weighted by atomic mass is 10.0. The van der Waals surface area contributed by atoms with Gasteiger partial charge in [0.05, 0.1) is 7.11 Å². The third kappa shape index (κ3) is 4.27. The van der Waals surface area contributed by atoms with E-state index in [1.54, 1.807) is 7.05 Å². The third-order valence-electron chi connectivity index (χ3n) is 5.33. The Morgan fingerprint density at radius 1 is 1.20 bits per heavy atom. The Balaban J connectivity index is 1.80. The number of ether oxygens (including phenoxy) is 1. The largest absolute Gasteiger partial charge is 0.464 e. The van der Waals surface area contributed by atoms with Gasteiger partial charge in [0.15, 0.2) is 0 Å². The lowest BCUT2D eigenvalue weighted by Gasteiger charge is -2.23. The van der Waals surface area contributed by atoms with E-state index in [1.807, 2.05) is 24.3 Å². The standard InChI is InChI=1S/C21H27N3O5S/c1-14(2)15-7-9-16(10-8-15)22-20(25)18-6-5-11-24(18)30(27,28)17-12-19(21(26)29-4)23(3)13-17/h7-10,12-14,18H,5-6,11H2,1-4H3,(H,22,25)/t18-/m1/s1. The molecule has 0 unspecified atom stereocenters. The van der Waals surface area contributed by atoms with Crippen LogP contribution in [0.5, 0.6) is 0 Å². The highest BCUT2D eigenvalue weighted by Gasteiger charge is 2.40. The van der Waals surface area contributed by atoms with Gasteiger partial charge in [0, 0.05) is 25.5 Å². The highest BCUT2D eigenvalue weighted by molar-refractivity contribution is 7.89. The molecule has 0 saturated carbocycles. The third-order valence-corrected chi connectivity index (χ3v) is 7.21. The molecule has 1 fully saturated rings. The molecular weight excluding hydrogens is 406 g/mol. The van der Waals surface area contributed by atoms with Gasteiger partial charge in [-0.3, -0.25) is 4.79 Å². The maximum absolute atomic E-state index is 13.2. The molecule has 1 aliphatic rings. The summed E-state index contributed by atoms with van der Waals surface area (Å²) in [6.07, 6.45) is 2.38. The molecule has 162 valence electrons. The fraction of sp³-hybridized carbons (Fsp3) is 0.429. The van der Waals surface area contributed by atoms with E-state index in [4.69, 9.17) is 0 Å². The number of hydrogen-bond acceptors (Lipinski definition) is 5. The molecule has 2 aromatic rings. The van der Waals surface area contributed by atoms with Crippen LogP contribution in [0.25, 0.3) is 0 Å². The van der Waals surface area contributed by atoms with E-state index < -0.39 is 22.0 Å². The van der Waals surface area contributed by atoms with Gasteiger partial charge in [-0.2, -0.15) is 4.31 Å². The van der Waals surface area contributed by atoms with Crippen LogP contribution in [0.1, 0.15) is 48.7 Å². The van der Waals surface area contributed by atoms with Crippen molar-refractivity contribution in [3.8, 4) is 0 Å². The van der Waals surface area contributed by atoms with Gasteiger partial charge in [-0.05, 0) is 42.5 Å². The lowest BCUT2D eigenvalue weighted by molar-refractivity contribution is -0.119.